The van der Waals surface area contributed by atoms with Crippen molar-refractivity contribution >= 4 is 23.2 Å². The van der Waals surface area contributed by atoms with E-state index in [9.17, 15) is 0 Å². The maximum atomic E-state index is 6.35. The van der Waals surface area contributed by atoms with Crippen molar-refractivity contribution in [3.63, 3.8) is 0 Å². The normalized spacial score (nSPS) is 27.3. The third kappa shape index (κ3) is 3.73. The molecular formula is C17H24Cl2N2. The number of rotatable bonds is 4. The SMILES string of the molecule is CC(C)C1CNC(C2CC2)CN1Cc1cc(Cl)ccc1Cl. The van der Waals surface area contributed by atoms with E-state index < -0.39 is 0 Å². The second-order valence-electron chi connectivity index (χ2n) is 6.83. The summed E-state index contributed by atoms with van der Waals surface area (Å²) >= 11 is 12.5. The zero-order chi connectivity index (χ0) is 15.0. The molecule has 1 N–H and O–H groups in total. The van der Waals surface area contributed by atoms with E-state index in [-0.39, 0.29) is 0 Å². The summed E-state index contributed by atoms with van der Waals surface area (Å²) in [4.78, 5) is 2.60. The Labute approximate surface area is 137 Å². The van der Waals surface area contributed by atoms with Crippen LogP contribution < -0.4 is 5.32 Å². The fourth-order valence-electron chi connectivity index (χ4n) is 3.39. The highest BCUT2D eigenvalue weighted by molar-refractivity contribution is 6.33. The highest BCUT2D eigenvalue weighted by Crippen LogP contribution is 2.35. The molecule has 21 heavy (non-hydrogen) atoms. The molecule has 0 bridgehead atoms. The van der Waals surface area contributed by atoms with E-state index in [1.807, 2.05) is 18.2 Å². The number of hydrogen-bond acceptors (Lipinski definition) is 2. The van der Waals surface area contributed by atoms with E-state index in [0.29, 0.717) is 18.0 Å². The molecule has 4 heteroatoms. The Morgan fingerprint density at radius 2 is 2.05 bits per heavy atom. The molecule has 0 amide bonds. The van der Waals surface area contributed by atoms with Gasteiger partial charge in [0.1, 0.15) is 0 Å². The topological polar surface area (TPSA) is 15.3 Å². The van der Waals surface area contributed by atoms with E-state index >= 15 is 0 Å². The Morgan fingerprint density at radius 3 is 2.71 bits per heavy atom. The van der Waals surface area contributed by atoms with Gasteiger partial charge in [0.15, 0.2) is 0 Å². The minimum atomic E-state index is 0.565. The monoisotopic (exact) mass is 326 g/mol. The van der Waals surface area contributed by atoms with Gasteiger partial charge in [0, 0.05) is 41.8 Å². The lowest BCUT2D eigenvalue weighted by Gasteiger charge is -2.43. The summed E-state index contributed by atoms with van der Waals surface area (Å²) in [5.74, 6) is 1.52. The minimum absolute atomic E-state index is 0.565. The van der Waals surface area contributed by atoms with Crippen LogP contribution in [-0.2, 0) is 6.54 Å². The van der Waals surface area contributed by atoms with Crippen LogP contribution in [0.1, 0.15) is 32.3 Å². The van der Waals surface area contributed by atoms with E-state index in [2.05, 4.69) is 24.1 Å². The summed E-state index contributed by atoms with van der Waals surface area (Å²) in [7, 11) is 0. The first-order chi connectivity index (χ1) is 10.0. The molecule has 2 nitrogen and oxygen atoms in total. The van der Waals surface area contributed by atoms with Gasteiger partial charge < -0.3 is 5.32 Å². The van der Waals surface area contributed by atoms with Crippen molar-refractivity contribution in [1.29, 1.82) is 0 Å². The molecule has 1 aliphatic heterocycles. The quantitative estimate of drug-likeness (QED) is 0.891. The van der Waals surface area contributed by atoms with Crippen molar-refractivity contribution in [2.75, 3.05) is 13.1 Å². The molecule has 2 unspecified atom stereocenters. The van der Waals surface area contributed by atoms with Gasteiger partial charge in [0.2, 0.25) is 0 Å². The lowest BCUT2D eigenvalue weighted by Crippen LogP contribution is -2.58. The van der Waals surface area contributed by atoms with E-state index in [0.717, 1.165) is 41.2 Å². The minimum Gasteiger partial charge on any atom is -0.311 e. The summed E-state index contributed by atoms with van der Waals surface area (Å²) < 4.78 is 0. The predicted octanol–water partition coefficient (Wildman–Crippen LogP) is 4.20. The zero-order valence-corrected chi connectivity index (χ0v) is 14.3. The van der Waals surface area contributed by atoms with Crippen LogP contribution >= 0.6 is 23.2 Å². The van der Waals surface area contributed by atoms with Crippen LogP contribution in [0.25, 0.3) is 0 Å². The van der Waals surface area contributed by atoms with Crippen LogP contribution in [0.4, 0.5) is 0 Å². The van der Waals surface area contributed by atoms with E-state index in [1.165, 1.54) is 12.8 Å². The molecule has 0 spiro atoms. The lowest BCUT2D eigenvalue weighted by molar-refractivity contribution is 0.0852. The lowest BCUT2D eigenvalue weighted by atomic mass is 9.96. The van der Waals surface area contributed by atoms with Gasteiger partial charge in [-0.15, -0.1) is 0 Å². The molecule has 2 aliphatic rings. The van der Waals surface area contributed by atoms with Gasteiger partial charge >= 0.3 is 0 Å². The molecule has 1 heterocycles. The van der Waals surface area contributed by atoms with Gasteiger partial charge in [-0.3, -0.25) is 4.90 Å². The average Bonchev–Trinajstić information content (AvgIpc) is 3.27. The number of hydrogen-bond donors (Lipinski definition) is 1. The van der Waals surface area contributed by atoms with Crippen molar-refractivity contribution in [2.24, 2.45) is 11.8 Å². The summed E-state index contributed by atoms with van der Waals surface area (Å²) in [5, 5.41) is 5.34. The molecule has 1 saturated heterocycles. The number of nitrogens with one attached hydrogen (secondary N) is 1. The second kappa shape index (κ2) is 6.45. The van der Waals surface area contributed by atoms with E-state index in [1.54, 1.807) is 0 Å². The molecular weight excluding hydrogens is 303 g/mol. The molecule has 1 aromatic carbocycles. The Bertz CT molecular complexity index is 500. The molecule has 2 atom stereocenters. The Balaban J connectivity index is 1.76. The largest absolute Gasteiger partial charge is 0.311 e. The van der Waals surface area contributed by atoms with Crippen molar-refractivity contribution in [3.8, 4) is 0 Å². The highest BCUT2D eigenvalue weighted by Gasteiger charge is 2.37. The van der Waals surface area contributed by atoms with Crippen LogP contribution in [0, 0.1) is 11.8 Å². The third-order valence-electron chi connectivity index (χ3n) is 4.83. The van der Waals surface area contributed by atoms with Crippen LogP contribution in [0.15, 0.2) is 18.2 Å². The molecule has 0 radical (unpaired) electrons. The molecule has 116 valence electrons. The maximum absolute atomic E-state index is 6.35. The maximum Gasteiger partial charge on any atom is 0.0452 e. The first-order valence-corrected chi connectivity index (χ1v) is 8.71. The number of halogens is 2. The summed E-state index contributed by atoms with van der Waals surface area (Å²) in [6, 6.07) is 6.99. The molecule has 3 rings (SSSR count). The summed E-state index contributed by atoms with van der Waals surface area (Å²) in [6.45, 7) is 7.70. The van der Waals surface area contributed by atoms with Gasteiger partial charge in [0.25, 0.3) is 0 Å². The van der Waals surface area contributed by atoms with Crippen molar-refractivity contribution in [3.05, 3.63) is 33.8 Å². The molecule has 2 fully saturated rings. The Hall–Kier alpha value is -0.280. The van der Waals surface area contributed by atoms with Crippen LogP contribution in [0.2, 0.25) is 10.0 Å². The number of benzene rings is 1. The molecule has 0 aromatic heterocycles. The van der Waals surface area contributed by atoms with Gasteiger partial charge in [-0.1, -0.05) is 37.0 Å². The average molecular weight is 327 g/mol. The first-order valence-electron chi connectivity index (χ1n) is 7.96. The molecule has 1 saturated carbocycles. The van der Waals surface area contributed by atoms with Gasteiger partial charge in [-0.25, -0.2) is 0 Å². The first kappa shape index (κ1) is 15.6. The molecule has 1 aromatic rings. The highest BCUT2D eigenvalue weighted by atomic mass is 35.5. The van der Waals surface area contributed by atoms with Gasteiger partial charge in [0.05, 0.1) is 0 Å². The van der Waals surface area contributed by atoms with Crippen molar-refractivity contribution in [2.45, 2.75) is 45.3 Å². The van der Waals surface area contributed by atoms with Crippen molar-refractivity contribution in [1.82, 2.24) is 10.2 Å². The fraction of sp³-hybridized carbons (Fsp3) is 0.647. The van der Waals surface area contributed by atoms with Crippen LogP contribution in [-0.4, -0.2) is 30.1 Å². The predicted molar refractivity (Wildman–Crippen MR) is 90.0 cm³/mol. The van der Waals surface area contributed by atoms with Gasteiger partial charge in [-0.05, 0) is 48.4 Å². The third-order valence-corrected chi connectivity index (χ3v) is 5.44. The fourth-order valence-corrected chi connectivity index (χ4v) is 3.76. The van der Waals surface area contributed by atoms with Crippen molar-refractivity contribution < 1.29 is 0 Å². The number of piperazine rings is 1. The smallest absolute Gasteiger partial charge is 0.0452 e. The number of nitrogens with zero attached hydrogens (tertiary/aromatic N) is 1. The van der Waals surface area contributed by atoms with Crippen LogP contribution in [0.3, 0.4) is 0 Å². The standard InChI is InChI=1S/C17H24Cl2N2/c1-11(2)17-8-20-16(12-3-4-12)10-21(17)9-13-7-14(18)5-6-15(13)19/h5-7,11-12,16-17,20H,3-4,8-10H2,1-2H3. The van der Waals surface area contributed by atoms with Gasteiger partial charge in [-0.2, -0.15) is 0 Å². The van der Waals surface area contributed by atoms with Crippen LogP contribution in [0.5, 0.6) is 0 Å². The second-order valence-corrected chi connectivity index (χ2v) is 7.67. The molecule has 1 aliphatic carbocycles. The zero-order valence-electron chi connectivity index (χ0n) is 12.8. The Morgan fingerprint density at radius 1 is 1.29 bits per heavy atom. The van der Waals surface area contributed by atoms with E-state index in [4.69, 9.17) is 23.2 Å². The summed E-state index contributed by atoms with van der Waals surface area (Å²) in [6.07, 6.45) is 2.77. The Kier molecular flexibility index (Phi) is 4.80. The summed E-state index contributed by atoms with van der Waals surface area (Å²) in [5.41, 5.74) is 1.14.